The molecule has 17 heavy (non-hydrogen) atoms. The minimum atomic E-state index is -0.418. The normalized spacial score (nSPS) is 9.71. The highest BCUT2D eigenvalue weighted by Gasteiger charge is 2.04. The summed E-state index contributed by atoms with van der Waals surface area (Å²) in [6, 6.07) is 9.41. The third-order valence-corrected chi connectivity index (χ3v) is 2.62. The number of halogens is 2. The average Bonchev–Trinajstić information content (AvgIpc) is 2.34. The average molecular weight is 293 g/mol. The van der Waals surface area contributed by atoms with E-state index in [-0.39, 0.29) is 5.88 Å². The van der Waals surface area contributed by atoms with Crippen LogP contribution in [0.2, 0.25) is 0 Å². The Morgan fingerprint density at radius 3 is 2.82 bits per heavy atom. The van der Waals surface area contributed by atoms with Crippen LogP contribution in [0.3, 0.4) is 0 Å². The maximum Gasteiger partial charge on any atom is 0.220 e. The second kappa shape index (κ2) is 4.93. The van der Waals surface area contributed by atoms with E-state index in [0.717, 1.165) is 0 Å². The van der Waals surface area contributed by atoms with Crippen molar-refractivity contribution in [1.82, 2.24) is 4.98 Å². The highest BCUT2D eigenvalue weighted by Crippen LogP contribution is 2.24. The Balaban J connectivity index is 2.25. The number of nitriles is 1. The quantitative estimate of drug-likeness (QED) is 0.849. The van der Waals surface area contributed by atoms with E-state index in [1.165, 1.54) is 18.3 Å². The summed E-state index contributed by atoms with van der Waals surface area (Å²) in [5, 5.41) is 8.71. The van der Waals surface area contributed by atoms with Crippen LogP contribution in [0, 0.1) is 17.1 Å². The van der Waals surface area contributed by atoms with Crippen LogP contribution in [-0.4, -0.2) is 4.98 Å². The van der Waals surface area contributed by atoms with Gasteiger partial charge < -0.3 is 4.74 Å². The Bertz CT molecular complexity index is 595. The molecule has 0 spiro atoms. The predicted molar refractivity (Wildman–Crippen MR) is 63.1 cm³/mol. The van der Waals surface area contributed by atoms with E-state index in [1.54, 1.807) is 18.2 Å². The Kier molecular flexibility index (Phi) is 3.35. The molecule has 2 rings (SSSR count). The lowest BCUT2D eigenvalue weighted by molar-refractivity contribution is 0.457. The van der Waals surface area contributed by atoms with Gasteiger partial charge in [0.15, 0.2) is 0 Å². The van der Waals surface area contributed by atoms with Crippen molar-refractivity contribution in [2.45, 2.75) is 0 Å². The van der Waals surface area contributed by atoms with E-state index in [1.807, 2.05) is 6.07 Å². The summed E-state index contributed by atoms with van der Waals surface area (Å²) in [7, 11) is 0. The first kappa shape index (κ1) is 11.6. The van der Waals surface area contributed by atoms with Crippen molar-refractivity contribution in [2.24, 2.45) is 0 Å². The van der Waals surface area contributed by atoms with Crippen molar-refractivity contribution >= 4 is 15.9 Å². The lowest BCUT2D eigenvalue weighted by Gasteiger charge is -2.05. The number of hydrogen-bond donors (Lipinski definition) is 0. The fourth-order valence-corrected chi connectivity index (χ4v) is 1.44. The summed E-state index contributed by atoms with van der Waals surface area (Å²) in [5.74, 6) is 0.165. The van der Waals surface area contributed by atoms with Crippen molar-refractivity contribution in [3.05, 3.63) is 52.4 Å². The Labute approximate surface area is 106 Å². The molecule has 0 atom stereocenters. The first-order chi connectivity index (χ1) is 8.19. The molecular weight excluding hydrogens is 287 g/mol. The highest BCUT2D eigenvalue weighted by molar-refractivity contribution is 9.10. The molecule has 0 amide bonds. The van der Waals surface area contributed by atoms with Crippen LogP contribution in [0.4, 0.5) is 4.39 Å². The Morgan fingerprint density at radius 1 is 1.29 bits per heavy atom. The van der Waals surface area contributed by atoms with Crippen LogP contribution in [-0.2, 0) is 0 Å². The second-order valence-electron chi connectivity index (χ2n) is 3.17. The summed E-state index contributed by atoms with van der Waals surface area (Å²) < 4.78 is 18.9. The summed E-state index contributed by atoms with van der Waals surface area (Å²) in [4.78, 5) is 3.93. The van der Waals surface area contributed by atoms with E-state index in [0.29, 0.717) is 15.8 Å². The highest BCUT2D eigenvalue weighted by atomic mass is 79.9. The molecule has 0 fully saturated rings. The third-order valence-electron chi connectivity index (χ3n) is 1.98. The maximum absolute atomic E-state index is 13.2. The van der Waals surface area contributed by atoms with Crippen molar-refractivity contribution in [3.8, 4) is 17.7 Å². The molecule has 0 aliphatic carbocycles. The molecule has 1 aromatic heterocycles. The standard InChI is InChI=1S/C12H6BrFN2O/c13-10-2-1-9(6-11(10)14)17-12-5-8(7-15)3-4-16-12/h1-6H. The molecule has 0 N–H and O–H groups in total. The van der Waals surface area contributed by atoms with Gasteiger partial charge in [-0.3, -0.25) is 0 Å². The minimum Gasteiger partial charge on any atom is -0.439 e. The van der Waals surface area contributed by atoms with Crippen molar-refractivity contribution in [3.63, 3.8) is 0 Å². The zero-order valence-corrected chi connectivity index (χ0v) is 10.1. The fraction of sp³-hybridized carbons (Fsp3) is 0. The van der Waals surface area contributed by atoms with Crippen LogP contribution < -0.4 is 4.74 Å². The molecule has 0 bridgehead atoms. The van der Waals surface area contributed by atoms with E-state index in [2.05, 4.69) is 20.9 Å². The summed E-state index contributed by atoms with van der Waals surface area (Å²) in [6.45, 7) is 0. The van der Waals surface area contributed by atoms with Gasteiger partial charge in [-0.05, 0) is 34.1 Å². The van der Waals surface area contributed by atoms with Gasteiger partial charge in [0.2, 0.25) is 5.88 Å². The van der Waals surface area contributed by atoms with Gasteiger partial charge in [0.05, 0.1) is 16.1 Å². The molecule has 0 saturated heterocycles. The molecule has 3 nitrogen and oxygen atoms in total. The second-order valence-corrected chi connectivity index (χ2v) is 4.03. The third kappa shape index (κ3) is 2.80. The lowest BCUT2D eigenvalue weighted by Crippen LogP contribution is -1.89. The van der Waals surface area contributed by atoms with Crippen LogP contribution in [0.1, 0.15) is 5.56 Å². The van der Waals surface area contributed by atoms with E-state index in [9.17, 15) is 4.39 Å². The number of pyridine rings is 1. The topological polar surface area (TPSA) is 45.9 Å². The van der Waals surface area contributed by atoms with Gasteiger partial charge in [-0.15, -0.1) is 0 Å². The fourth-order valence-electron chi connectivity index (χ4n) is 1.20. The summed E-state index contributed by atoms with van der Waals surface area (Å²) in [5.41, 5.74) is 0.438. The molecule has 1 heterocycles. The number of ether oxygens (including phenoxy) is 1. The first-order valence-corrected chi connectivity index (χ1v) is 5.47. The van der Waals surface area contributed by atoms with Gasteiger partial charge in [0, 0.05) is 18.3 Å². The zero-order valence-electron chi connectivity index (χ0n) is 8.52. The monoisotopic (exact) mass is 292 g/mol. The lowest BCUT2D eigenvalue weighted by atomic mass is 10.3. The van der Waals surface area contributed by atoms with Crippen LogP contribution in [0.15, 0.2) is 41.0 Å². The van der Waals surface area contributed by atoms with Gasteiger partial charge in [-0.1, -0.05) is 0 Å². The smallest absolute Gasteiger partial charge is 0.220 e. The number of nitrogens with zero attached hydrogens (tertiary/aromatic N) is 2. The van der Waals surface area contributed by atoms with Crippen molar-refractivity contribution < 1.29 is 9.13 Å². The van der Waals surface area contributed by atoms with E-state index in [4.69, 9.17) is 10.00 Å². The molecule has 2 aromatic rings. The molecule has 0 aliphatic rings. The van der Waals surface area contributed by atoms with Gasteiger partial charge in [0.1, 0.15) is 11.6 Å². The van der Waals surface area contributed by atoms with Gasteiger partial charge in [-0.25, -0.2) is 9.37 Å². The van der Waals surface area contributed by atoms with Crippen LogP contribution >= 0.6 is 15.9 Å². The summed E-state index contributed by atoms with van der Waals surface area (Å²) in [6.07, 6.45) is 1.46. The number of rotatable bonds is 2. The molecule has 0 saturated carbocycles. The molecule has 0 aliphatic heterocycles. The number of aromatic nitrogens is 1. The van der Waals surface area contributed by atoms with Gasteiger partial charge in [0.25, 0.3) is 0 Å². The Morgan fingerprint density at radius 2 is 2.12 bits per heavy atom. The van der Waals surface area contributed by atoms with Gasteiger partial charge >= 0.3 is 0 Å². The molecule has 5 heteroatoms. The van der Waals surface area contributed by atoms with Gasteiger partial charge in [-0.2, -0.15) is 5.26 Å². The van der Waals surface area contributed by atoms with Crippen LogP contribution in [0.5, 0.6) is 11.6 Å². The van der Waals surface area contributed by atoms with Crippen molar-refractivity contribution in [2.75, 3.05) is 0 Å². The largest absolute Gasteiger partial charge is 0.439 e. The molecule has 0 unspecified atom stereocenters. The molecular formula is C12H6BrFN2O. The number of benzene rings is 1. The zero-order chi connectivity index (χ0) is 12.3. The minimum absolute atomic E-state index is 0.255. The predicted octanol–water partition coefficient (Wildman–Crippen LogP) is 3.65. The van der Waals surface area contributed by atoms with E-state index < -0.39 is 5.82 Å². The first-order valence-electron chi connectivity index (χ1n) is 4.68. The summed E-state index contributed by atoms with van der Waals surface area (Å²) >= 11 is 3.05. The van der Waals surface area contributed by atoms with E-state index >= 15 is 0 Å². The maximum atomic E-state index is 13.2. The van der Waals surface area contributed by atoms with Crippen LogP contribution in [0.25, 0.3) is 0 Å². The molecule has 0 radical (unpaired) electrons. The Hall–Kier alpha value is -1.93. The SMILES string of the molecule is N#Cc1ccnc(Oc2ccc(Br)c(F)c2)c1. The van der Waals surface area contributed by atoms with Crippen molar-refractivity contribution in [1.29, 1.82) is 5.26 Å². The molecule has 84 valence electrons. The molecule has 1 aromatic carbocycles. The number of hydrogen-bond acceptors (Lipinski definition) is 3.